The highest BCUT2D eigenvalue weighted by Gasteiger charge is 2.36. The number of hydrogen-bond acceptors (Lipinski definition) is 4. The van der Waals surface area contributed by atoms with Crippen molar-refractivity contribution in [3.8, 4) is 0 Å². The van der Waals surface area contributed by atoms with E-state index in [-0.39, 0.29) is 12.0 Å². The average Bonchev–Trinajstić information content (AvgIpc) is 3.06. The second-order valence-corrected chi connectivity index (χ2v) is 9.30. The molecule has 0 atom stereocenters. The first-order valence-electron chi connectivity index (χ1n) is 12.1. The van der Waals surface area contributed by atoms with Gasteiger partial charge in [0.05, 0.1) is 7.11 Å². The Hall–Kier alpha value is -2.08. The second-order valence-electron chi connectivity index (χ2n) is 9.30. The minimum absolute atomic E-state index is 0.115. The van der Waals surface area contributed by atoms with Crippen LogP contribution in [0.1, 0.15) is 56.6 Å². The summed E-state index contributed by atoms with van der Waals surface area (Å²) >= 11 is 0. The lowest BCUT2D eigenvalue weighted by Crippen LogP contribution is -2.41. The minimum atomic E-state index is -0.115. The van der Waals surface area contributed by atoms with E-state index in [0.717, 1.165) is 83.4 Å². The maximum absolute atomic E-state index is 13.3. The van der Waals surface area contributed by atoms with E-state index in [2.05, 4.69) is 34.9 Å². The summed E-state index contributed by atoms with van der Waals surface area (Å²) < 4.78 is 4.76. The Morgan fingerprint density at radius 3 is 2.48 bits per heavy atom. The van der Waals surface area contributed by atoms with Crippen LogP contribution in [0.3, 0.4) is 0 Å². The van der Waals surface area contributed by atoms with Gasteiger partial charge in [-0.05, 0) is 80.7 Å². The third-order valence-corrected chi connectivity index (χ3v) is 7.63. The molecule has 6 nitrogen and oxygen atoms in total. The number of benzene rings is 1. The van der Waals surface area contributed by atoms with Crippen LogP contribution >= 0.6 is 0 Å². The van der Waals surface area contributed by atoms with E-state index in [4.69, 9.17) is 4.74 Å². The Balaban J connectivity index is 1.34. The lowest BCUT2D eigenvalue weighted by molar-refractivity contribution is -0.141. The van der Waals surface area contributed by atoms with Crippen LogP contribution in [-0.4, -0.2) is 67.7 Å². The monoisotopic (exact) mass is 427 g/mol. The standard InChI is InChI=1S/C25H37N3O3/c1-3-26-14-12-20-7-10-23(18-21(20)13-15-26)28-17-16-27(25(28)30)22-8-4-19(5-9-22)6-11-24(29)31-2/h7,10,18-19,22H,3-6,8-9,11-17H2,1-2H3. The van der Waals surface area contributed by atoms with Gasteiger partial charge in [-0.3, -0.25) is 9.69 Å². The van der Waals surface area contributed by atoms with E-state index >= 15 is 0 Å². The predicted molar refractivity (Wildman–Crippen MR) is 122 cm³/mol. The van der Waals surface area contributed by atoms with Crippen LogP contribution in [0.25, 0.3) is 0 Å². The lowest BCUT2D eigenvalue weighted by Gasteiger charge is -2.34. The van der Waals surface area contributed by atoms with Gasteiger partial charge in [0.25, 0.3) is 0 Å². The molecule has 2 fully saturated rings. The molecule has 0 unspecified atom stereocenters. The Bertz CT molecular complexity index is 788. The van der Waals surface area contributed by atoms with E-state index in [1.165, 1.54) is 18.2 Å². The first kappa shape index (κ1) is 22.1. The van der Waals surface area contributed by atoms with Crippen LogP contribution in [0.5, 0.6) is 0 Å². The van der Waals surface area contributed by atoms with Crippen molar-refractivity contribution in [2.24, 2.45) is 5.92 Å². The first-order chi connectivity index (χ1) is 15.1. The van der Waals surface area contributed by atoms with E-state index in [0.29, 0.717) is 18.4 Å². The molecular formula is C25H37N3O3. The van der Waals surface area contributed by atoms with Crippen molar-refractivity contribution >= 4 is 17.7 Å². The maximum atomic E-state index is 13.3. The Labute approximate surface area is 186 Å². The molecule has 2 heterocycles. The molecule has 0 bridgehead atoms. The number of methoxy groups -OCH3 is 1. The number of amides is 2. The number of hydrogen-bond donors (Lipinski definition) is 0. The molecule has 3 aliphatic rings. The zero-order valence-electron chi connectivity index (χ0n) is 19.1. The summed E-state index contributed by atoms with van der Waals surface area (Å²) in [6, 6.07) is 7.16. The number of esters is 1. The highest BCUT2D eigenvalue weighted by Crippen LogP contribution is 2.33. The molecule has 1 aromatic carbocycles. The third-order valence-electron chi connectivity index (χ3n) is 7.63. The van der Waals surface area contributed by atoms with Crippen LogP contribution in [0, 0.1) is 5.92 Å². The summed E-state index contributed by atoms with van der Waals surface area (Å²) in [5, 5.41) is 0. The van der Waals surface area contributed by atoms with Gasteiger partial charge < -0.3 is 14.5 Å². The van der Waals surface area contributed by atoms with Gasteiger partial charge in [0.2, 0.25) is 0 Å². The fraction of sp³-hybridized carbons (Fsp3) is 0.680. The van der Waals surface area contributed by atoms with Gasteiger partial charge in [0, 0.05) is 44.3 Å². The molecule has 1 saturated heterocycles. The fourth-order valence-electron chi connectivity index (χ4n) is 5.54. The molecule has 0 radical (unpaired) electrons. The zero-order chi connectivity index (χ0) is 21.8. The zero-order valence-corrected chi connectivity index (χ0v) is 19.1. The summed E-state index contributed by atoms with van der Waals surface area (Å²) in [5.41, 5.74) is 3.90. The first-order valence-corrected chi connectivity index (χ1v) is 12.1. The lowest BCUT2D eigenvalue weighted by atomic mass is 9.83. The summed E-state index contributed by atoms with van der Waals surface area (Å²) in [6.07, 6.45) is 7.86. The van der Waals surface area contributed by atoms with E-state index in [9.17, 15) is 9.59 Å². The van der Waals surface area contributed by atoms with Crippen molar-refractivity contribution in [3.05, 3.63) is 29.3 Å². The van der Waals surface area contributed by atoms with E-state index in [1.54, 1.807) is 0 Å². The number of carbonyl (C=O) groups excluding carboxylic acids is 2. The molecule has 0 N–H and O–H groups in total. The SMILES string of the molecule is CCN1CCc2ccc(N3CCN(C4CCC(CCC(=O)OC)CC4)C3=O)cc2CC1. The van der Waals surface area contributed by atoms with Crippen LogP contribution in [0.4, 0.5) is 10.5 Å². The molecule has 0 aromatic heterocycles. The third kappa shape index (κ3) is 5.05. The highest BCUT2D eigenvalue weighted by atomic mass is 16.5. The van der Waals surface area contributed by atoms with Crippen molar-refractivity contribution in [2.75, 3.05) is 44.7 Å². The largest absolute Gasteiger partial charge is 0.469 e. The molecule has 170 valence electrons. The average molecular weight is 428 g/mol. The molecule has 1 aromatic rings. The Morgan fingerprint density at radius 1 is 1.03 bits per heavy atom. The number of likely N-dealkylation sites (N-methyl/N-ethyl adjacent to an activating group) is 1. The topological polar surface area (TPSA) is 53.1 Å². The molecule has 1 aliphatic carbocycles. The van der Waals surface area contributed by atoms with Crippen LogP contribution in [0.2, 0.25) is 0 Å². The van der Waals surface area contributed by atoms with Crippen molar-refractivity contribution in [1.29, 1.82) is 0 Å². The van der Waals surface area contributed by atoms with Crippen LogP contribution < -0.4 is 4.90 Å². The molecule has 0 spiro atoms. The summed E-state index contributed by atoms with van der Waals surface area (Å²) in [5.74, 6) is 0.465. The Morgan fingerprint density at radius 2 is 1.77 bits per heavy atom. The van der Waals surface area contributed by atoms with Crippen molar-refractivity contribution in [2.45, 2.75) is 64.3 Å². The van der Waals surface area contributed by atoms with E-state index < -0.39 is 0 Å². The van der Waals surface area contributed by atoms with Crippen LogP contribution in [-0.2, 0) is 22.4 Å². The fourth-order valence-corrected chi connectivity index (χ4v) is 5.54. The quantitative estimate of drug-likeness (QED) is 0.647. The molecular weight excluding hydrogens is 390 g/mol. The summed E-state index contributed by atoms with van der Waals surface area (Å²) in [6.45, 7) is 7.16. The molecule has 2 amide bonds. The molecule has 2 aliphatic heterocycles. The van der Waals surface area contributed by atoms with Gasteiger partial charge in [-0.15, -0.1) is 0 Å². The van der Waals surface area contributed by atoms with Gasteiger partial charge in [0.1, 0.15) is 0 Å². The Kier molecular flexibility index (Phi) is 7.16. The summed E-state index contributed by atoms with van der Waals surface area (Å²) in [7, 11) is 1.45. The smallest absolute Gasteiger partial charge is 0.324 e. The molecule has 31 heavy (non-hydrogen) atoms. The number of nitrogens with zero attached hydrogens (tertiary/aromatic N) is 3. The van der Waals surface area contributed by atoms with Gasteiger partial charge in [0.15, 0.2) is 0 Å². The predicted octanol–water partition coefficient (Wildman–Crippen LogP) is 3.86. The maximum Gasteiger partial charge on any atom is 0.324 e. The van der Waals surface area contributed by atoms with Crippen molar-refractivity contribution in [1.82, 2.24) is 9.80 Å². The molecule has 4 rings (SSSR count). The highest BCUT2D eigenvalue weighted by molar-refractivity contribution is 5.94. The molecule has 1 saturated carbocycles. The van der Waals surface area contributed by atoms with Gasteiger partial charge in [-0.1, -0.05) is 13.0 Å². The van der Waals surface area contributed by atoms with Crippen molar-refractivity contribution in [3.63, 3.8) is 0 Å². The normalized spacial score (nSPS) is 24.8. The number of fused-ring (bicyclic) bond motifs is 1. The van der Waals surface area contributed by atoms with Gasteiger partial charge in [-0.2, -0.15) is 0 Å². The van der Waals surface area contributed by atoms with Gasteiger partial charge >= 0.3 is 12.0 Å². The minimum Gasteiger partial charge on any atom is -0.469 e. The number of urea groups is 1. The number of ether oxygens (including phenoxy) is 1. The van der Waals surface area contributed by atoms with Crippen molar-refractivity contribution < 1.29 is 14.3 Å². The molecule has 6 heteroatoms. The van der Waals surface area contributed by atoms with E-state index in [1.807, 2.05) is 4.90 Å². The second kappa shape index (κ2) is 10.0. The number of carbonyl (C=O) groups is 2. The number of anilines is 1. The number of rotatable bonds is 6. The summed E-state index contributed by atoms with van der Waals surface area (Å²) in [4.78, 5) is 31.2. The van der Waals surface area contributed by atoms with Crippen LogP contribution in [0.15, 0.2) is 18.2 Å². The van der Waals surface area contributed by atoms with Gasteiger partial charge in [-0.25, -0.2) is 4.79 Å².